The molecule has 0 amide bonds. The van der Waals surface area contributed by atoms with Crippen LogP contribution in [0.1, 0.15) is 42.7 Å². The summed E-state index contributed by atoms with van der Waals surface area (Å²) in [5.74, 6) is -0.608. The zero-order valence-corrected chi connectivity index (χ0v) is 18.7. The topological polar surface area (TPSA) is 81.7 Å². The molecule has 2 aromatic carbocycles. The Balaban J connectivity index is 0.00000133. The lowest BCUT2D eigenvalue weighted by Gasteiger charge is -2.26. The Hall–Kier alpha value is -3.53. The van der Waals surface area contributed by atoms with Crippen molar-refractivity contribution in [3.63, 3.8) is 0 Å². The minimum Gasteiger partial charge on any atom is -0.415 e. The Labute approximate surface area is 195 Å². The summed E-state index contributed by atoms with van der Waals surface area (Å²) in [6, 6.07) is 16.3. The molecular formula is C24H25F3N6O. The van der Waals surface area contributed by atoms with Gasteiger partial charge in [-0.1, -0.05) is 48.0 Å². The summed E-state index contributed by atoms with van der Waals surface area (Å²) in [7, 11) is 0.500. The van der Waals surface area contributed by atoms with E-state index in [-0.39, 0.29) is 5.89 Å². The number of rotatable bonds is 8. The van der Waals surface area contributed by atoms with E-state index in [2.05, 4.69) is 50.1 Å². The van der Waals surface area contributed by atoms with Gasteiger partial charge >= 0.3 is 6.43 Å². The molecule has 7 nitrogen and oxygen atoms in total. The van der Waals surface area contributed by atoms with Crippen LogP contribution in [0.3, 0.4) is 0 Å². The van der Waals surface area contributed by atoms with Crippen LogP contribution in [0, 0.1) is 0 Å². The molecule has 1 aliphatic rings. The molecule has 1 saturated carbocycles. The number of benzene rings is 2. The highest BCUT2D eigenvalue weighted by molar-refractivity contribution is 5.58. The predicted octanol–water partition coefficient (Wildman–Crippen LogP) is 5.21. The van der Waals surface area contributed by atoms with E-state index in [0.29, 0.717) is 25.3 Å². The fraction of sp³-hybridized carbons (Fsp3) is 0.333. The van der Waals surface area contributed by atoms with Gasteiger partial charge in [-0.15, -0.1) is 15.3 Å². The molecule has 0 unspecified atom stereocenters. The van der Waals surface area contributed by atoms with Gasteiger partial charge in [0.2, 0.25) is 5.89 Å². The largest absolute Gasteiger partial charge is 0.415 e. The third kappa shape index (κ3) is 5.69. The highest BCUT2D eigenvalue weighted by Gasteiger charge is 2.17. The standard InChI is InChI=1S/C23H22F2N6O.CH3F/c24-21(25)23-29-28-22(32-23)18-10-6-16(7-11-18)13-31-14-20(27-30-31)17-8-4-15(5-9-17)12-26-19-2-1-3-19;1-2/h4-11,14,19,21,26H,1-3,12-13H2;1H3. The maximum absolute atomic E-state index is 12.6. The zero-order valence-electron chi connectivity index (χ0n) is 18.7. The molecular weight excluding hydrogens is 445 g/mol. The molecule has 1 aliphatic carbocycles. The Morgan fingerprint density at radius 3 is 2.24 bits per heavy atom. The van der Waals surface area contributed by atoms with E-state index in [1.165, 1.54) is 24.8 Å². The van der Waals surface area contributed by atoms with Gasteiger partial charge in [0.05, 0.1) is 19.9 Å². The van der Waals surface area contributed by atoms with Crippen LogP contribution in [0.25, 0.3) is 22.7 Å². The third-order valence-corrected chi connectivity index (χ3v) is 5.66. The van der Waals surface area contributed by atoms with Gasteiger partial charge in [-0.2, -0.15) is 8.78 Å². The molecule has 4 aromatic rings. The first-order chi connectivity index (χ1) is 16.6. The maximum atomic E-state index is 12.6. The second-order valence-electron chi connectivity index (χ2n) is 7.95. The van der Waals surface area contributed by atoms with Gasteiger partial charge in [-0.3, -0.25) is 4.39 Å². The summed E-state index contributed by atoms with van der Waals surface area (Å²) in [5.41, 5.74) is 4.65. The van der Waals surface area contributed by atoms with Crippen LogP contribution < -0.4 is 5.32 Å². The number of nitrogens with zero attached hydrogens (tertiary/aromatic N) is 5. The van der Waals surface area contributed by atoms with E-state index in [0.717, 1.165) is 23.4 Å². The first kappa shape index (κ1) is 23.6. The number of halogens is 3. The Morgan fingerprint density at radius 1 is 0.941 bits per heavy atom. The molecule has 5 rings (SSSR count). The number of aromatic nitrogens is 5. The van der Waals surface area contributed by atoms with E-state index in [4.69, 9.17) is 4.42 Å². The van der Waals surface area contributed by atoms with E-state index in [9.17, 15) is 13.2 Å². The second-order valence-corrected chi connectivity index (χ2v) is 7.95. The summed E-state index contributed by atoms with van der Waals surface area (Å²) in [6.07, 6.45) is 3.01. The van der Waals surface area contributed by atoms with Crippen molar-refractivity contribution in [2.45, 2.75) is 44.8 Å². The summed E-state index contributed by atoms with van der Waals surface area (Å²) in [4.78, 5) is 0. The first-order valence-electron chi connectivity index (χ1n) is 11.0. The van der Waals surface area contributed by atoms with Crippen LogP contribution in [0.15, 0.2) is 59.1 Å². The van der Waals surface area contributed by atoms with Crippen LogP contribution in [0.4, 0.5) is 13.2 Å². The normalized spacial score (nSPS) is 13.4. The SMILES string of the molecule is CF.FC(F)c1nnc(-c2ccc(Cn3cc(-c4ccc(CNC5CCC5)cc4)nn3)cc2)o1. The van der Waals surface area contributed by atoms with E-state index < -0.39 is 12.3 Å². The molecule has 0 aliphatic heterocycles. The summed E-state index contributed by atoms with van der Waals surface area (Å²) in [6.45, 7) is 1.42. The molecule has 1 N–H and O–H groups in total. The zero-order chi connectivity index (χ0) is 23.9. The predicted molar refractivity (Wildman–Crippen MR) is 121 cm³/mol. The molecule has 0 bridgehead atoms. The van der Waals surface area contributed by atoms with Gasteiger partial charge in [0.15, 0.2) is 0 Å². The van der Waals surface area contributed by atoms with Crippen molar-refractivity contribution in [2.24, 2.45) is 0 Å². The average molecular weight is 470 g/mol. The molecule has 0 atom stereocenters. The van der Waals surface area contributed by atoms with E-state index in [1.807, 2.05) is 18.3 Å². The highest BCUT2D eigenvalue weighted by Crippen LogP contribution is 2.24. The number of hydrogen-bond acceptors (Lipinski definition) is 6. The van der Waals surface area contributed by atoms with Crippen LogP contribution in [-0.2, 0) is 13.1 Å². The van der Waals surface area contributed by atoms with Crippen molar-refractivity contribution in [3.05, 3.63) is 71.7 Å². The summed E-state index contributed by atoms with van der Waals surface area (Å²) >= 11 is 0. The molecule has 1 fully saturated rings. The maximum Gasteiger partial charge on any atom is 0.314 e. The molecule has 2 heterocycles. The average Bonchev–Trinajstić information content (AvgIpc) is 3.51. The molecule has 0 saturated heterocycles. The van der Waals surface area contributed by atoms with Gasteiger partial charge in [0.1, 0.15) is 5.69 Å². The fourth-order valence-electron chi connectivity index (χ4n) is 3.56. The van der Waals surface area contributed by atoms with Crippen molar-refractivity contribution in [1.82, 2.24) is 30.5 Å². The quantitative estimate of drug-likeness (QED) is 0.381. The van der Waals surface area contributed by atoms with Crippen LogP contribution in [0.2, 0.25) is 0 Å². The van der Waals surface area contributed by atoms with Crippen LogP contribution in [0.5, 0.6) is 0 Å². The molecule has 0 radical (unpaired) electrons. The molecule has 178 valence electrons. The van der Waals surface area contributed by atoms with Gasteiger partial charge in [-0.05, 0) is 36.1 Å². The van der Waals surface area contributed by atoms with Crippen molar-refractivity contribution >= 4 is 0 Å². The molecule has 10 heteroatoms. The number of nitrogens with one attached hydrogen (secondary N) is 1. The monoisotopic (exact) mass is 470 g/mol. The summed E-state index contributed by atoms with van der Waals surface area (Å²) in [5, 5.41) is 19.1. The van der Waals surface area contributed by atoms with Gasteiger partial charge in [-0.25, -0.2) is 4.68 Å². The third-order valence-electron chi connectivity index (χ3n) is 5.66. The number of hydrogen-bond donors (Lipinski definition) is 1. The fourth-order valence-corrected chi connectivity index (χ4v) is 3.56. The first-order valence-corrected chi connectivity index (χ1v) is 11.0. The molecule has 0 spiro atoms. The molecule has 34 heavy (non-hydrogen) atoms. The van der Waals surface area contributed by atoms with Crippen molar-refractivity contribution in [2.75, 3.05) is 7.18 Å². The van der Waals surface area contributed by atoms with Gasteiger partial charge in [0, 0.05) is 23.7 Å². The van der Waals surface area contributed by atoms with Gasteiger partial charge in [0.25, 0.3) is 5.89 Å². The van der Waals surface area contributed by atoms with Crippen molar-refractivity contribution in [1.29, 1.82) is 0 Å². The van der Waals surface area contributed by atoms with Gasteiger partial charge < -0.3 is 9.73 Å². The lowest BCUT2D eigenvalue weighted by Crippen LogP contribution is -2.34. The highest BCUT2D eigenvalue weighted by atomic mass is 19.3. The Kier molecular flexibility index (Phi) is 7.69. The minimum atomic E-state index is -2.78. The Morgan fingerprint density at radius 2 is 1.62 bits per heavy atom. The second kappa shape index (κ2) is 11.1. The van der Waals surface area contributed by atoms with E-state index >= 15 is 0 Å². The number of alkyl halides is 3. The van der Waals surface area contributed by atoms with Crippen molar-refractivity contribution < 1.29 is 17.6 Å². The van der Waals surface area contributed by atoms with E-state index in [1.54, 1.807) is 16.8 Å². The smallest absolute Gasteiger partial charge is 0.314 e. The lowest BCUT2D eigenvalue weighted by atomic mass is 9.93. The minimum absolute atomic E-state index is 0.0706. The van der Waals surface area contributed by atoms with Crippen LogP contribution in [-0.4, -0.2) is 38.4 Å². The summed E-state index contributed by atoms with van der Waals surface area (Å²) < 4.78 is 41.5. The lowest BCUT2D eigenvalue weighted by molar-refractivity contribution is 0.116. The van der Waals surface area contributed by atoms with Crippen molar-refractivity contribution in [3.8, 4) is 22.7 Å². The Bertz CT molecular complexity index is 1170. The van der Waals surface area contributed by atoms with Crippen LogP contribution >= 0.6 is 0 Å². The molecule has 2 aromatic heterocycles.